The molecule has 0 fully saturated rings. The molecule has 0 N–H and O–H groups in total. The van der Waals surface area contributed by atoms with Gasteiger partial charge in [0.25, 0.3) is 0 Å². The molecule has 0 aliphatic rings. The summed E-state index contributed by atoms with van der Waals surface area (Å²) in [5, 5.41) is 9.10. The predicted molar refractivity (Wildman–Crippen MR) is 238 cm³/mol. The van der Waals surface area contributed by atoms with Gasteiger partial charge in [-0.05, 0) is 63.5 Å². The molecule has 0 saturated carbocycles. The summed E-state index contributed by atoms with van der Waals surface area (Å²) in [6.07, 6.45) is 0. The van der Waals surface area contributed by atoms with E-state index >= 15 is 0 Å². The Morgan fingerprint density at radius 3 is 1.78 bits per heavy atom. The third kappa shape index (κ3) is 5.14. The molecule has 3 heterocycles. The molecule has 0 bridgehead atoms. The summed E-state index contributed by atoms with van der Waals surface area (Å²) >= 11 is 0. The van der Waals surface area contributed by atoms with Crippen LogP contribution in [0.1, 0.15) is 0 Å². The molecule has 3 aromatic heterocycles. The van der Waals surface area contributed by atoms with Gasteiger partial charge in [0.2, 0.25) is 0 Å². The van der Waals surface area contributed by atoms with Crippen molar-refractivity contribution in [3.05, 3.63) is 194 Å². The SMILES string of the molecule is c1ccc(-c2nc(-c3ccc4ccccc4c3)nc(-c3cccc4oc5cc(-n6c7ccccc7c7cc8ccccc8cc76)c(-c6ccccc6)cc5c34)n2)cc1. The third-order valence-electron chi connectivity index (χ3n) is 11.4. The van der Waals surface area contributed by atoms with Crippen molar-refractivity contribution in [2.24, 2.45) is 0 Å². The largest absolute Gasteiger partial charge is 0.456 e. The summed E-state index contributed by atoms with van der Waals surface area (Å²) < 4.78 is 9.24. The zero-order chi connectivity index (χ0) is 38.2. The van der Waals surface area contributed by atoms with Gasteiger partial charge in [0.1, 0.15) is 11.2 Å². The summed E-state index contributed by atoms with van der Waals surface area (Å²) in [7, 11) is 0. The highest BCUT2D eigenvalue weighted by atomic mass is 16.3. The first kappa shape index (κ1) is 32.4. The van der Waals surface area contributed by atoms with Gasteiger partial charge in [-0.15, -0.1) is 0 Å². The molecule has 0 aliphatic carbocycles. The Morgan fingerprint density at radius 1 is 0.345 bits per heavy atom. The maximum atomic E-state index is 6.83. The summed E-state index contributed by atoms with van der Waals surface area (Å²) in [6, 6.07) is 68.1. The van der Waals surface area contributed by atoms with Crippen LogP contribution in [0.2, 0.25) is 0 Å². The average molecular weight is 741 g/mol. The number of fused-ring (bicyclic) bond motifs is 8. The number of rotatable bonds is 5. The van der Waals surface area contributed by atoms with Crippen LogP contribution < -0.4 is 0 Å². The van der Waals surface area contributed by atoms with E-state index in [9.17, 15) is 0 Å². The molecule has 270 valence electrons. The first-order chi connectivity index (χ1) is 28.7. The molecule has 0 amide bonds. The van der Waals surface area contributed by atoms with E-state index in [1.54, 1.807) is 0 Å². The van der Waals surface area contributed by atoms with E-state index in [1.807, 2.05) is 42.5 Å². The Bertz CT molecular complexity index is 3570. The van der Waals surface area contributed by atoms with Crippen LogP contribution in [0.5, 0.6) is 0 Å². The molecule has 0 unspecified atom stereocenters. The van der Waals surface area contributed by atoms with E-state index in [0.717, 1.165) is 71.9 Å². The van der Waals surface area contributed by atoms with Gasteiger partial charge in [0.15, 0.2) is 17.5 Å². The summed E-state index contributed by atoms with van der Waals surface area (Å²) in [5.41, 5.74) is 9.84. The molecule has 0 radical (unpaired) electrons. The van der Waals surface area contributed by atoms with Gasteiger partial charge in [-0.1, -0.05) is 152 Å². The highest BCUT2D eigenvalue weighted by molar-refractivity contribution is 6.16. The summed E-state index contributed by atoms with van der Waals surface area (Å²) in [4.78, 5) is 15.4. The Hall–Kier alpha value is -7.89. The second-order valence-corrected chi connectivity index (χ2v) is 14.8. The fourth-order valence-corrected chi connectivity index (χ4v) is 8.67. The minimum Gasteiger partial charge on any atom is -0.456 e. The lowest BCUT2D eigenvalue weighted by Crippen LogP contribution is -2.00. The standard InChI is InChI=1S/C53H32N4O/c1-3-15-34(16-4-1)42-31-44-49(32-47(42)57-45-24-12-11-22-40(45)43-29-37-20-9-10-21-38(37)30-46(43)57)58-48-25-13-23-41(50(44)48)53-55-51(35-17-5-2-6-18-35)54-52(56-53)39-27-26-33-14-7-8-19-36(33)28-39/h1-32H. The minimum absolute atomic E-state index is 0.588. The number of furan rings is 1. The maximum absolute atomic E-state index is 6.83. The zero-order valence-electron chi connectivity index (χ0n) is 31.2. The van der Waals surface area contributed by atoms with Crippen molar-refractivity contribution in [2.45, 2.75) is 0 Å². The van der Waals surface area contributed by atoms with E-state index in [1.165, 1.54) is 26.9 Å². The van der Waals surface area contributed by atoms with E-state index in [-0.39, 0.29) is 0 Å². The highest BCUT2D eigenvalue weighted by Crippen LogP contribution is 2.43. The van der Waals surface area contributed by atoms with Crippen molar-refractivity contribution in [3.63, 3.8) is 0 Å². The van der Waals surface area contributed by atoms with Crippen LogP contribution in [-0.2, 0) is 0 Å². The monoisotopic (exact) mass is 740 g/mol. The van der Waals surface area contributed by atoms with Crippen LogP contribution in [0.3, 0.4) is 0 Å². The minimum atomic E-state index is 0.588. The lowest BCUT2D eigenvalue weighted by Gasteiger charge is -2.15. The highest BCUT2D eigenvalue weighted by Gasteiger charge is 2.22. The van der Waals surface area contributed by atoms with Crippen LogP contribution in [0, 0.1) is 0 Å². The van der Waals surface area contributed by atoms with Gasteiger partial charge < -0.3 is 8.98 Å². The van der Waals surface area contributed by atoms with Crippen LogP contribution in [0.4, 0.5) is 0 Å². The molecule has 9 aromatic carbocycles. The van der Waals surface area contributed by atoms with Gasteiger partial charge in [0, 0.05) is 49.9 Å². The molecule has 5 heteroatoms. The average Bonchev–Trinajstić information content (AvgIpc) is 3.82. The Labute approximate surface area is 333 Å². The van der Waals surface area contributed by atoms with Gasteiger partial charge in [-0.25, -0.2) is 15.0 Å². The molecule has 0 aliphatic heterocycles. The van der Waals surface area contributed by atoms with Crippen LogP contribution >= 0.6 is 0 Å². The number of nitrogens with zero attached hydrogens (tertiary/aromatic N) is 4. The van der Waals surface area contributed by atoms with Crippen LogP contribution in [0.15, 0.2) is 199 Å². The quantitative estimate of drug-likeness (QED) is 0.176. The molecule has 12 aromatic rings. The zero-order valence-corrected chi connectivity index (χ0v) is 31.2. The summed E-state index contributed by atoms with van der Waals surface area (Å²) in [6.45, 7) is 0. The second-order valence-electron chi connectivity index (χ2n) is 14.8. The van der Waals surface area contributed by atoms with Crippen molar-refractivity contribution in [2.75, 3.05) is 0 Å². The number of benzene rings is 9. The molecule has 58 heavy (non-hydrogen) atoms. The molecule has 0 saturated heterocycles. The molecular formula is C53H32N4O. The second kappa shape index (κ2) is 12.8. The van der Waals surface area contributed by atoms with Gasteiger partial charge in [-0.2, -0.15) is 0 Å². The van der Waals surface area contributed by atoms with Gasteiger partial charge in [-0.3, -0.25) is 0 Å². The van der Waals surface area contributed by atoms with Crippen molar-refractivity contribution < 1.29 is 4.42 Å². The number of para-hydroxylation sites is 1. The van der Waals surface area contributed by atoms with E-state index < -0.39 is 0 Å². The fraction of sp³-hybridized carbons (Fsp3) is 0. The predicted octanol–water partition coefficient (Wildman–Crippen LogP) is 13.8. The first-order valence-corrected chi connectivity index (χ1v) is 19.5. The van der Waals surface area contributed by atoms with Crippen LogP contribution in [-0.4, -0.2) is 19.5 Å². The van der Waals surface area contributed by atoms with Gasteiger partial charge in [0.05, 0.1) is 16.7 Å². The van der Waals surface area contributed by atoms with E-state index in [2.05, 4.69) is 156 Å². The number of hydrogen-bond donors (Lipinski definition) is 0. The molecule has 0 atom stereocenters. The van der Waals surface area contributed by atoms with E-state index in [0.29, 0.717) is 17.5 Å². The Kier molecular flexibility index (Phi) is 7.16. The maximum Gasteiger partial charge on any atom is 0.164 e. The van der Waals surface area contributed by atoms with Crippen LogP contribution in [0.25, 0.3) is 116 Å². The lowest BCUT2D eigenvalue weighted by atomic mass is 9.98. The molecule has 5 nitrogen and oxygen atoms in total. The van der Waals surface area contributed by atoms with Crippen molar-refractivity contribution in [1.82, 2.24) is 19.5 Å². The lowest BCUT2D eigenvalue weighted by molar-refractivity contribution is 0.668. The normalized spacial score (nSPS) is 11.8. The number of hydrogen-bond acceptors (Lipinski definition) is 4. The fourth-order valence-electron chi connectivity index (χ4n) is 8.67. The van der Waals surface area contributed by atoms with E-state index in [4.69, 9.17) is 19.4 Å². The Morgan fingerprint density at radius 2 is 0.983 bits per heavy atom. The Balaban J connectivity index is 1.13. The first-order valence-electron chi connectivity index (χ1n) is 19.5. The van der Waals surface area contributed by atoms with Gasteiger partial charge >= 0.3 is 0 Å². The molecule has 12 rings (SSSR count). The number of aromatic nitrogens is 4. The van der Waals surface area contributed by atoms with Crippen molar-refractivity contribution in [1.29, 1.82) is 0 Å². The van der Waals surface area contributed by atoms with Crippen molar-refractivity contribution >= 4 is 65.3 Å². The summed E-state index contributed by atoms with van der Waals surface area (Å²) in [5.74, 6) is 1.82. The molecule has 0 spiro atoms. The molecular weight excluding hydrogens is 709 g/mol. The topological polar surface area (TPSA) is 56.7 Å². The van der Waals surface area contributed by atoms with Crippen molar-refractivity contribution in [3.8, 4) is 51.0 Å². The third-order valence-corrected chi connectivity index (χ3v) is 11.4. The smallest absolute Gasteiger partial charge is 0.164 e.